The molecule has 0 aliphatic carbocycles. The number of benzene rings is 1. The van der Waals surface area contributed by atoms with E-state index in [-0.39, 0.29) is 0 Å². The zero-order valence-electron chi connectivity index (χ0n) is 12.5. The van der Waals surface area contributed by atoms with Gasteiger partial charge in [-0.25, -0.2) is 4.85 Å². The van der Waals surface area contributed by atoms with Crippen LogP contribution in [0.4, 0.5) is 11.4 Å². The normalized spacial score (nSPS) is 10.3. The first-order valence-electron chi connectivity index (χ1n) is 7.04. The van der Waals surface area contributed by atoms with Gasteiger partial charge in [0.1, 0.15) is 0 Å². The number of hydrogen-bond donors (Lipinski definition) is 1. The number of rotatable bonds is 4. The minimum atomic E-state index is 0.643. The lowest BCUT2D eigenvalue weighted by molar-refractivity contribution is 1.06. The molecule has 1 N–H and O–H groups in total. The molecular formula is C16H19BN3. The molecule has 0 unspecified atom stereocenters. The molecule has 101 valence electrons. The average Bonchev–Trinajstić information content (AvgIpc) is 2.46. The Labute approximate surface area is 121 Å². The lowest BCUT2D eigenvalue weighted by Crippen LogP contribution is -2.04. The highest BCUT2D eigenvalue weighted by Gasteiger charge is 2.15. The molecule has 4 heteroatoms. The summed E-state index contributed by atoms with van der Waals surface area (Å²) in [6, 6.07) is 4.29. The van der Waals surface area contributed by atoms with E-state index in [9.17, 15) is 0 Å². The van der Waals surface area contributed by atoms with E-state index in [1.54, 1.807) is 0 Å². The molecule has 0 atom stereocenters. The largest absolute Gasteiger partial charge is 0.440 e. The lowest BCUT2D eigenvalue weighted by atomic mass is 9.95. The fourth-order valence-corrected chi connectivity index (χ4v) is 2.54. The van der Waals surface area contributed by atoms with Crippen molar-refractivity contribution in [3.8, 4) is 0 Å². The van der Waals surface area contributed by atoms with Crippen molar-refractivity contribution in [1.29, 1.82) is 0 Å². The highest BCUT2D eigenvalue weighted by atomic mass is 14.9. The van der Waals surface area contributed by atoms with Gasteiger partial charge in [0.05, 0.1) is 12.1 Å². The standard InChI is InChI=1S/C16H19BN3/c1-6-11-9-12-14(8-10(11)3)19-13(7-2)16(18-5)15(12)20-17-4/h8-9H,6-7H2,1-4H3,(H,19,20). The first-order valence-corrected chi connectivity index (χ1v) is 7.04. The Balaban J connectivity index is 2.87. The molecule has 0 fully saturated rings. The smallest absolute Gasteiger partial charge is 0.238 e. The second kappa shape index (κ2) is 5.96. The maximum Gasteiger partial charge on any atom is 0.238 e. The van der Waals surface area contributed by atoms with Crippen molar-refractivity contribution in [2.45, 2.75) is 40.4 Å². The first-order chi connectivity index (χ1) is 9.65. The molecule has 20 heavy (non-hydrogen) atoms. The van der Waals surface area contributed by atoms with Gasteiger partial charge in [-0.2, -0.15) is 0 Å². The third-order valence-corrected chi connectivity index (χ3v) is 3.61. The molecule has 3 nitrogen and oxygen atoms in total. The van der Waals surface area contributed by atoms with Crippen LogP contribution in [-0.2, 0) is 12.8 Å². The molecule has 2 aromatic rings. The lowest BCUT2D eigenvalue weighted by Gasteiger charge is -2.15. The van der Waals surface area contributed by atoms with Crippen molar-refractivity contribution in [2.75, 3.05) is 5.23 Å². The molecule has 0 bridgehead atoms. The summed E-state index contributed by atoms with van der Waals surface area (Å²) in [4.78, 5) is 8.37. The Kier molecular flexibility index (Phi) is 4.29. The number of nitrogens with zero attached hydrogens (tertiary/aromatic N) is 2. The van der Waals surface area contributed by atoms with Gasteiger partial charge >= 0.3 is 0 Å². The number of aryl methyl sites for hydroxylation is 3. The summed E-state index contributed by atoms with van der Waals surface area (Å²) in [7, 11) is 1.87. The van der Waals surface area contributed by atoms with Gasteiger partial charge in [-0.05, 0) is 43.0 Å². The van der Waals surface area contributed by atoms with Crippen LogP contribution in [0.15, 0.2) is 12.1 Å². The van der Waals surface area contributed by atoms with E-state index in [4.69, 9.17) is 6.57 Å². The molecule has 0 spiro atoms. The van der Waals surface area contributed by atoms with Crippen molar-refractivity contribution in [3.05, 3.63) is 40.4 Å². The summed E-state index contributed by atoms with van der Waals surface area (Å²) in [5, 5.41) is 4.27. The molecule has 0 aliphatic rings. The van der Waals surface area contributed by atoms with Crippen LogP contribution in [0.2, 0.25) is 6.82 Å². The molecular weight excluding hydrogens is 245 g/mol. The second-order valence-electron chi connectivity index (χ2n) is 4.83. The van der Waals surface area contributed by atoms with E-state index < -0.39 is 0 Å². The Bertz CT molecular complexity index is 686. The number of fused-ring (bicyclic) bond motifs is 1. The molecule has 1 aromatic carbocycles. The molecule has 0 saturated heterocycles. The number of hydrogen-bond acceptors (Lipinski definition) is 2. The van der Waals surface area contributed by atoms with Gasteiger partial charge in [0.2, 0.25) is 13.1 Å². The van der Waals surface area contributed by atoms with Gasteiger partial charge in [0.25, 0.3) is 0 Å². The van der Waals surface area contributed by atoms with E-state index >= 15 is 0 Å². The fraction of sp³-hybridized carbons (Fsp3) is 0.375. The maximum absolute atomic E-state index is 7.45. The zero-order valence-corrected chi connectivity index (χ0v) is 12.5. The first kappa shape index (κ1) is 14.4. The minimum Gasteiger partial charge on any atom is -0.440 e. The van der Waals surface area contributed by atoms with Crippen LogP contribution < -0.4 is 5.23 Å². The summed E-state index contributed by atoms with van der Waals surface area (Å²) in [6.45, 7) is 15.7. The Morgan fingerprint density at radius 1 is 1.30 bits per heavy atom. The number of nitrogens with one attached hydrogen (secondary N) is 1. The fourth-order valence-electron chi connectivity index (χ4n) is 2.54. The number of pyridine rings is 1. The summed E-state index contributed by atoms with van der Waals surface area (Å²) >= 11 is 0. The molecule has 1 radical (unpaired) electrons. The molecule has 0 saturated carbocycles. The SMILES string of the molecule is [C-]#[N+]c1c(CC)nc2cc(C)c(CC)cc2c1N[B]C. The molecule has 1 aromatic heterocycles. The predicted molar refractivity (Wildman–Crippen MR) is 86.7 cm³/mol. The Hall–Kier alpha value is -2.02. The number of anilines is 1. The van der Waals surface area contributed by atoms with E-state index in [1.807, 2.05) is 21.2 Å². The average molecular weight is 264 g/mol. The van der Waals surface area contributed by atoms with Gasteiger partial charge in [-0.3, -0.25) is 4.98 Å². The molecule has 1 heterocycles. The van der Waals surface area contributed by atoms with Crippen molar-refractivity contribution < 1.29 is 0 Å². The Morgan fingerprint density at radius 2 is 2.05 bits per heavy atom. The topological polar surface area (TPSA) is 29.3 Å². The van der Waals surface area contributed by atoms with E-state index in [2.05, 4.69) is 41.0 Å². The van der Waals surface area contributed by atoms with Gasteiger partial charge in [-0.15, -0.1) is 0 Å². The van der Waals surface area contributed by atoms with E-state index in [0.29, 0.717) is 5.69 Å². The minimum absolute atomic E-state index is 0.643. The van der Waals surface area contributed by atoms with Gasteiger partial charge in [0, 0.05) is 16.8 Å². The predicted octanol–water partition coefficient (Wildman–Crippen LogP) is 4.30. The van der Waals surface area contributed by atoms with Crippen LogP contribution in [0.25, 0.3) is 15.7 Å². The van der Waals surface area contributed by atoms with Crippen LogP contribution >= 0.6 is 0 Å². The third-order valence-electron chi connectivity index (χ3n) is 3.61. The van der Waals surface area contributed by atoms with E-state index in [0.717, 1.165) is 35.1 Å². The molecule has 0 aliphatic heterocycles. The summed E-state index contributed by atoms with van der Waals surface area (Å²) in [5.74, 6) is 0. The van der Waals surface area contributed by atoms with Crippen molar-refractivity contribution >= 4 is 29.7 Å². The van der Waals surface area contributed by atoms with E-state index in [1.165, 1.54) is 11.1 Å². The maximum atomic E-state index is 7.45. The van der Waals surface area contributed by atoms with Crippen molar-refractivity contribution in [1.82, 2.24) is 4.98 Å². The van der Waals surface area contributed by atoms with Crippen LogP contribution in [0.3, 0.4) is 0 Å². The van der Waals surface area contributed by atoms with Crippen LogP contribution in [0, 0.1) is 13.5 Å². The van der Waals surface area contributed by atoms with Crippen molar-refractivity contribution in [2.24, 2.45) is 0 Å². The molecule has 0 amide bonds. The van der Waals surface area contributed by atoms with Gasteiger partial charge < -0.3 is 5.23 Å². The monoisotopic (exact) mass is 264 g/mol. The van der Waals surface area contributed by atoms with Crippen LogP contribution in [-0.4, -0.2) is 12.4 Å². The highest BCUT2D eigenvalue weighted by molar-refractivity contribution is 6.40. The van der Waals surface area contributed by atoms with Crippen LogP contribution in [0.1, 0.15) is 30.7 Å². The third kappa shape index (κ3) is 2.36. The molecule has 2 rings (SSSR count). The van der Waals surface area contributed by atoms with Crippen molar-refractivity contribution in [3.63, 3.8) is 0 Å². The zero-order chi connectivity index (χ0) is 14.7. The summed E-state index contributed by atoms with van der Waals surface area (Å²) < 4.78 is 0. The Morgan fingerprint density at radius 3 is 2.60 bits per heavy atom. The summed E-state index contributed by atoms with van der Waals surface area (Å²) in [6.07, 6.45) is 1.75. The summed E-state index contributed by atoms with van der Waals surface area (Å²) in [5.41, 5.74) is 5.92. The van der Waals surface area contributed by atoms with Crippen LogP contribution in [0.5, 0.6) is 0 Å². The van der Waals surface area contributed by atoms with Gasteiger partial charge in [0.15, 0.2) is 0 Å². The number of aromatic nitrogens is 1. The highest BCUT2D eigenvalue weighted by Crippen LogP contribution is 2.36. The quantitative estimate of drug-likeness (QED) is 0.659. The van der Waals surface area contributed by atoms with Gasteiger partial charge in [-0.1, -0.05) is 20.7 Å². The second-order valence-corrected chi connectivity index (χ2v) is 4.83.